The second-order valence-corrected chi connectivity index (χ2v) is 4.13. The lowest BCUT2D eigenvalue weighted by atomic mass is 10.2. The van der Waals surface area contributed by atoms with E-state index in [0.29, 0.717) is 18.1 Å². The molecule has 7 heteroatoms. The molecule has 0 aliphatic rings. The highest BCUT2D eigenvalue weighted by Gasteiger charge is 2.15. The van der Waals surface area contributed by atoms with Crippen LogP contribution in [0.25, 0.3) is 0 Å². The molecule has 0 saturated heterocycles. The van der Waals surface area contributed by atoms with Crippen LogP contribution in [0.15, 0.2) is 36.5 Å². The first-order chi connectivity index (χ1) is 10.2. The van der Waals surface area contributed by atoms with Crippen molar-refractivity contribution < 1.29 is 9.66 Å². The number of hydrogen-bond donors (Lipinski definition) is 1. The van der Waals surface area contributed by atoms with Crippen molar-refractivity contribution in [1.29, 1.82) is 5.26 Å². The van der Waals surface area contributed by atoms with Crippen LogP contribution in [0.5, 0.6) is 5.88 Å². The van der Waals surface area contributed by atoms with Gasteiger partial charge in [0.05, 0.1) is 23.7 Å². The molecule has 2 rings (SSSR count). The minimum Gasteiger partial charge on any atom is -0.481 e. The van der Waals surface area contributed by atoms with Gasteiger partial charge in [0.1, 0.15) is 5.69 Å². The summed E-state index contributed by atoms with van der Waals surface area (Å²) in [7, 11) is 1.51. The summed E-state index contributed by atoms with van der Waals surface area (Å²) in [6, 6.07) is 9.73. The van der Waals surface area contributed by atoms with E-state index in [9.17, 15) is 10.1 Å². The van der Waals surface area contributed by atoms with Crippen molar-refractivity contribution in [3.05, 3.63) is 57.8 Å². The average molecular weight is 284 g/mol. The van der Waals surface area contributed by atoms with E-state index < -0.39 is 4.92 Å². The number of nitro benzene ring substituents is 1. The number of rotatable bonds is 5. The summed E-state index contributed by atoms with van der Waals surface area (Å²) in [5.74, 6) is 0.460. The maximum Gasteiger partial charge on any atom is 0.293 e. The Kier molecular flexibility index (Phi) is 4.31. The Hall–Kier alpha value is -3.14. The summed E-state index contributed by atoms with van der Waals surface area (Å²) in [5, 5.41) is 22.8. The Bertz CT molecular complexity index is 710. The molecule has 1 aromatic carbocycles. The molecule has 0 atom stereocenters. The van der Waals surface area contributed by atoms with E-state index in [4.69, 9.17) is 10.00 Å². The number of anilines is 1. The molecule has 1 heterocycles. The van der Waals surface area contributed by atoms with Crippen LogP contribution >= 0.6 is 0 Å². The van der Waals surface area contributed by atoms with Crippen LogP contribution in [0.2, 0.25) is 0 Å². The fraction of sp³-hybridized carbons (Fsp3) is 0.143. The standard InChI is InChI=1S/C14H12N4O3/c1-21-14-11(3-2-6-16-14)9-17-12-5-4-10(8-15)7-13(12)18(19)20/h2-7,17H,9H2,1H3. The predicted molar refractivity (Wildman–Crippen MR) is 75.9 cm³/mol. The summed E-state index contributed by atoms with van der Waals surface area (Å²) >= 11 is 0. The van der Waals surface area contributed by atoms with Gasteiger partial charge < -0.3 is 10.1 Å². The first kappa shape index (κ1) is 14.3. The molecule has 2 aromatic rings. The molecule has 0 aliphatic heterocycles. The molecule has 21 heavy (non-hydrogen) atoms. The maximum atomic E-state index is 11.0. The van der Waals surface area contributed by atoms with Crippen molar-refractivity contribution in [2.45, 2.75) is 6.54 Å². The van der Waals surface area contributed by atoms with Gasteiger partial charge in [0.25, 0.3) is 5.69 Å². The Labute approximate surface area is 121 Å². The van der Waals surface area contributed by atoms with E-state index in [2.05, 4.69) is 10.3 Å². The highest BCUT2D eigenvalue weighted by molar-refractivity contribution is 5.64. The van der Waals surface area contributed by atoms with Crippen molar-refractivity contribution in [1.82, 2.24) is 4.98 Å². The van der Waals surface area contributed by atoms with Gasteiger partial charge in [-0.3, -0.25) is 10.1 Å². The minimum absolute atomic E-state index is 0.142. The summed E-state index contributed by atoms with van der Waals surface area (Å²) in [4.78, 5) is 14.6. The van der Waals surface area contributed by atoms with E-state index in [-0.39, 0.29) is 11.3 Å². The number of nitrogens with one attached hydrogen (secondary N) is 1. The Morgan fingerprint density at radius 2 is 2.29 bits per heavy atom. The zero-order valence-corrected chi connectivity index (χ0v) is 11.2. The molecule has 1 aromatic heterocycles. The van der Waals surface area contributed by atoms with Gasteiger partial charge in [0.15, 0.2) is 0 Å². The molecular formula is C14H12N4O3. The number of methoxy groups -OCH3 is 1. The second-order valence-electron chi connectivity index (χ2n) is 4.13. The summed E-state index contributed by atoms with van der Waals surface area (Å²) in [6.07, 6.45) is 1.60. The van der Waals surface area contributed by atoms with E-state index in [1.54, 1.807) is 12.3 Å². The zero-order valence-electron chi connectivity index (χ0n) is 11.2. The highest BCUT2D eigenvalue weighted by Crippen LogP contribution is 2.26. The molecule has 0 unspecified atom stereocenters. The van der Waals surface area contributed by atoms with Gasteiger partial charge in [-0.15, -0.1) is 0 Å². The molecule has 0 saturated carbocycles. The summed E-state index contributed by atoms with van der Waals surface area (Å²) in [5.41, 5.74) is 1.21. The number of benzene rings is 1. The SMILES string of the molecule is COc1ncccc1CNc1ccc(C#N)cc1[N+](=O)[O-]. The molecule has 0 fully saturated rings. The first-order valence-corrected chi connectivity index (χ1v) is 6.06. The molecule has 1 N–H and O–H groups in total. The van der Waals surface area contributed by atoms with Crippen LogP contribution in [0.4, 0.5) is 11.4 Å². The third-order valence-corrected chi connectivity index (χ3v) is 2.84. The largest absolute Gasteiger partial charge is 0.481 e. The predicted octanol–water partition coefficient (Wildman–Crippen LogP) is 2.48. The van der Waals surface area contributed by atoms with Gasteiger partial charge in [-0.25, -0.2) is 4.98 Å². The first-order valence-electron chi connectivity index (χ1n) is 6.06. The van der Waals surface area contributed by atoms with Crippen LogP contribution in [0.1, 0.15) is 11.1 Å². The van der Waals surface area contributed by atoms with Gasteiger partial charge in [-0.2, -0.15) is 5.26 Å². The molecule has 0 bridgehead atoms. The highest BCUT2D eigenvalue weighted by atomic mass is 16.6. The van der Waals surface area contributed by atoms with Gasteiger partial charge in [0.2, 0.25) is 5.88 Å². The minimum atomic E-state index is -0.524. The smallest absolute Gasteiger partial charge is 0.293 e. The van der Waals surface area contributed by atoms with Crippen LogP contribution in [0.3, 0.4) is 0 Å². The monoisotopic (exact) mass is 284 g/mol. The van der Waals surface area contributed by atoms with Crippen LogP contribution in [-0.2, 0) is 6.54 Å². The number of ether oxygens (including phenoxy) is 1. The molecule has 7 nitrogen and oxygen atoms in total. The van der Waals surface area contributed by atoms with E-state index in [1.165, 1.54) is 25.3 Å². The Balaban J connectivity index is 2.24. The van der Waals surface area contributed by atoms with Crippen molar-refractivity contribution in [3.8, 4) is 11.9 Å². The maximum absolute atomic E-state index is 11.0. The molecule has 0 spiro atoms. The second kappa shape index (κ2) is 6.34. The van der Waals surface area contributed by atoms with Gasteiger partial charge in [-0.05, 0) is 18.2 Å². The van der Waals surface area contributed by atoms with Crippen molar-refractivity contribution in [3.63, 3.8) is 0 Å². The van der Waals surface area contributed by atoms with Gasteiger partial charge in [0, 0.05) is 24.4 Å². The quantitative estimate of drug-likeness (QED) is 0.668. The lowest BCUT2D eigenvalue weighted by Crippen LogP contribution is -2.05. The van der Waals surface area contributed by atoms with Crippen molar-refractivity contribution in [2.24, 2.45) is 0 Å². The fourth-order valence-electron chi connectivity index (χ4n) is 1.83. The number of pyridine rings is 1. The molecular weight excluding hydrogens is 272 g/mol. The normalized spacial score (nSPS) is 9.71. The summed E-state index contributed by atoms with van der Waals surface area (Å²) < 4.78 is 5.12. The Morgan fingerprint density at radius 3 is 2.95 bits per heavy atom. The molecule has 0 aliphatic carbocycles. The van der Waals surface area contributed by atoms with Crippen molar-refractivity contribution in [2.75, 3.05) is 12.4 Å². The van der Waals surface area contributed by atoms with E-state index >= 15 is 0 Å². The zero-order chi connectivity index (χ0) is 15.2. The average Bonchev–Trinajstić information content (AvgIpc) is 2.52. The number of nitrogens with zero attached hydrogens (tertiary/aromatic N) is 3. The van der Waals surface area contributed by atoms with Crippen molar-refractivity contribution >= 4 is 11.4 Å². The van der Waals surface area contributed by atoms with Crippen LogP contribution in [-0.4, -0.2) is 17.0 Å². The lowest BCUT2D eigenvalue weighted by molar-refractivity contribution is -0.384. The third kappa shape index (κ3) is 3.25. The summed E-state index contributed by atoms with van der Waals surface area (Å²) in [6.45, 7) is 0.323. The number of nitriles is 1. The lowest BCUT2D eigenvalue weighted by Gasteiger charge is -2.09. The molecule has 106 valence electrons. The topological polar surface area (TPSA) is 101 Å². The van der Waals surface area contributed by atoms with Crippen LogP contribution < -0.4 is 10.1 Å². The number of aromatic nitrogens is 1. The fourth-order valence-corrected chi connectivity index (χ4v) is 1.83. The number of nitro groups is 1. The number of hydrogen-bond acceptors (Lipinski definition) is 6. The van der Waals surface area contributed by atoms with E-state index in [1.807, 2.05) is 12.1 Å². The third-order valence-electron chi connectivity index (χ3n) is 2.84. The Morgan fingerprint density at radius 1 is 1.48 bits per heavy atom. The molecule has 0 radical (unpaired) electrons. The van der Waals surface area contributed by atoms with Crippen LogP contribution in [0, 0.1) is 21.4 Å². The van der Waals surface area contributed by atoms with Gasteiger partial charge in [-0.1, -0.05) is 6.07 Å². The van der Waals surface area contributed by atoms with E-state index in [0.717, 1.165) is 5.56 Å². The van der Waals surface area contributed by atoms with Gasteiger partial charge >= 0.3 is 0 Å². The molecule has 0 amide bonds.